The third kappa shape index (κ3) is 3.15. The summed E-state index contributed by atoms with van der Waals surface area (Å²) >= 11 is 11.1. The number of halogens is 2. The molecule has 98 valence electrons. The Morgan fingerprint density at radius 2 is 2.22 bits per heavy atom. The smallest absolute Gasteiger partial charge is 0.0931 e. The van der Waals surface area contributed by atoms with Crippen molar-refractivity contribution in [1.29, 1.82) is 0 Å². The van der Waals surface area contributed by atoms with Crippen molar-refractivity contribution in [2.24, 2.45) is 0 Å². The normalized spacial score (nSPS) is 11.1. The second-order valence-corrected chi connectivity index (χ2v) is 6.56. The first-order valence-electron chi connectivity index (χ1n) is 5.78. The lowest BCUT2D eigenvalue weighted by molar-refractivity contribution is 0.579. The maximum Gasteiger partial charge on any atom is 0.0931 e. The van der Waals surface area contributed by atoms with Crippen molar-refractivity contribution in [3.63, 3.8) is 0 Å². The second-order valence-electron chi connectivity index (χ2n) is 3.97. The molecule has 2 heterocycles. The van der Waals surface area contributed by atoms with Crippen LogP contribution in [-0.4, -0.2) is 9.78 Å². The predicted octanol–water partition coefficient (Wildman–Crippen LogP) is 3.98. The topological polar surface area (TPSA) is 29.9 Å². The van der Waals surface area contributed by atoms with E-state index in [1.54, 1.807) is 11.3 Å². The van der Waals surface area contributed by atoms with Gasteiger partial charge in [0, 0.05) is 24.5 Å². The summed E-state index contributed by atoms with van der Waals surface area (Å²) in [6, 6.07) is 3.98. The summed E-state index contributed by atoms with van der Waals surface area (Å²) in [6.45, 7) is 6.62. The van der Waals surface area contributed by atoms with Gasteiger partial charge < -0.3 is 5.32 Å². The molecule has 0 bridgehead atoms. The number of aryl methyl sites for hydroxylation is 2. The van der Waals surface area contributed by atoms with Gasteiger partial charge in [0.05, 0.1) is 20.2 Å². The number of nitrogens with zero attached hydrogens (tertiary/aromatic N) is 2. The Hall–Kier alpha value is -0.360. The number of aromatic nitrogens is 2. The highest BCUT2D eigenvalue weighted by Gasteiger charge is 2.11. The van der Waals surface area contributed by atoms with Crippen LogP contribution in [0.1, 0.15) is 23.2 Å². The van der Waals surface area contributed by atoms with Gasteiger partial charge in [-0.25, -0.2) is 0 Å². The number of rotatable bonds is 5. The average molecular weight is 349 g/mol. The van der Waals surface area contributed by atoms with Gasteiger partial charge in [-0.3, -0.25) is 4.68 Å². The van der Waals surface area contributed by atoms with Crippen molar-refractivity contribution in [3.8, 4) is 0 Å². The minimum Gasteiger partial charge on any atom is -0.306 e. The Bertz CT molecular complexity index is 535. The number of hydrogen-bond donors (Lipinski definition) is 1. The van der Waals surface area contributed by atoms with E-state index in [9.17, 15) is 0 Å². The van der Waals surface area contributed by atoms with E-state index in [-0.39, 0.29) is 0 Å². The van der Waals surface area contributed by atoms with E-state index in [4.69, 9.17) is 11.6 Å². The zero-order valence-corrected chi connectivity index (χ0v) is 13.5. The molecule has 0 saturated carbocycles. The number of nitrogens with one attached hydrogen (secondary N) is 1. The molecule has 18 heavy (non-hydrogen) atoms. The van der Waals surface area contributed by atoms with Crippen molar-refractivity contribution in [2.75, 3.05) is 0 Å². The first-order valence-corrected chi connectivity index (χ1v) is 7.77. The van der Waals surface area contributed by atoms with Gasteiger partial charge in [-0.2, -0.15) is 5.10 Å². The predicted molar refractivity (Wildman–Crippen MR) is 80.2 cm³/mol. The third-order valence-corrected chi connectivity index (χ3v) is 4.94. The molecule has 6 heteroatoms. The SMILES string of the molecule is CCn1nc(C)c(Br)c1CNCc1ccc(Cl)s1. The Kier molecular flexibility index (Phi) is 4.84. The number of thiophene rings is 1. The molecule has 0 radical (unpaired) electrons. The third-order valence-electron chi connectivity index (χ3n) is 2.67. The molecule has 0 amide bonds. The summed E-state index contributed by atoms with van der Waals surface area (Å²) in [7, 11) is 0. The van der Waals surface area contributed by atoms with Gasteiger partial charge in [-0.05, 0) is 41.9 Å². The summed E-state index contributed by atoms with van der Waals surface area (Å²) in [5, 5.41) is 7.89. The van der Waals surface area contributed by atoms with Crippen molar-refractivity contribution in [3.05, 3.63) is 37.2 Å². The Balaban J connectivity index is 1.98. The van der Waals surface area contributed by atoms with E-state index in [1.807, 2.05) is 17.7 Å². The summed E-state index contributed by atoms with van der Waals surface area (Å²) in [5.41, 5.74) is 2.23. The van der Waals surface area contributed by atoms with Gasteiger partial charge in [0.1, 0.15) is 0 Å². The van der Waals surface area contributed by atoms with Crippen molar-refractivity contribution in [2.45, 2.75) is 33.5 Å². The molecule has 0 spiro atoms. The summed E-state index contributed by atoms with van der Waals surface area (Å²) < 4.78 is 3.96. The van der Waals surface area contributed by atoms with Crippen molar-refractivity contribution < 1.29 is 0 Å². The van der Waals surface area contributed by atoms with Crippen LogP contribution in [0.15, 0.2) is 16.6 Å². The Morgan fingerprint density at radius 3 is 2.83 bits per heavy atom. The molecule has 0 aromatic carbocycles. The molecule has 0 aliphatic carbocycles. The molecule has 0 unspecified atom stereocenters. The molecular weight excluding hydrogens is 334 g/mol. The van der Waals surface area contributed by atoms with Gasteiger partial charge >= 0.3 is 0 Å². The fourth-order valence-electron chi connectivity index (χ4n) is 1.79. The molecule has 1 N–H and O–H groups in total. The minimum atomic E-state index is 0.796. The van der Waals surface area contributed by atoms with Crippen molar-refractivity contribution >= 4 is 38.9 Å². The molecule has 2 rings (SSSR count). The molecule has 3 nitrogen and oxygen atoms in total. The van der Waals surface area contributed by atoms with Crippen LogP contribution in [0.2, 0.25) is 4.34 Å². The first kappa shape index (κ1) is 14.1. The van der Waals surface area contributed by atoms with Gasteiger partial charge in [-0.15, -0.1) is 11.3 Å². The Morgan fingerprint density at radius 1 is 1.44 bits per heavy atom. The molecule has 2 aromatic heterocycles. The maximum atomic E-state index is 5.90. The van der Waals surface area contributed by atoms with Crippen LogP contribution >= 0.6 is 38.9 Å². The Labute approximate surface area is 124 Å². The fourth-order valence-corrected chi connectivity index (χ4v) is 3.27. The molecule has 0 aliphatic heterocycles. The van der Waals surface area contributed by atoms with Gasteiger partial charge in [0.15, 0.2) is 0 Å². The van der Waals surface area contributed by atoms with Crippen LogP contribution in [0, 0.1) is 6.92 Å². The summed E-state index contributed by atoms with van der Waals surface area (Å²) in [4.78, 5) is 1.25. The molecular formula is C12H15BrClN3S. The lowest BCUT2D eigenvalue weighted by atomic mass is 10.3. The largest absolute Gasteiger partial charge is 0.306 e. The molecule has 0 saturated heterocycles. The van der Waals surface area contributed by atoms with Crippen LogP contribution in [0.4, 0.5) is 0 Å². The molecule has 0 atom stereocenters. The first-order chi connectivity index (χ1) is 8.61. The van der Waals surface area contributed by atoms with E-state index < -0.39 is 0 Å². The lowest BCUT2D eigenvalue weighted by Gasteiger charge is -2.06. The molecule has 0 fully saturated rings. The standard InChI is InChI=1S/C12H15BrClN3S/c1-3-17-10(12(13)8(2)16-17)7-15-6-9-4-5-11(14)18-9/h4-5,15H,3,6-7H2,1-2H3. The van der Waals surface area contributed by atoms with Crippen molar-refractivity contribution in [1.82, 2.24) is 15.1 Å². The van der Waals surface area contributed by atoms with Gasteiger partial charge in [-0.1, -0.05) is 11.6 Å². The molecule has 0 aliphatic rings. The minimum absolute atomic E-state index is 0.796. The summed E-state index contributed by atoms with van der Waals surface area (Å²) in [5.74, 6) is 0. The summed E-state index contributed by atoms with van der Waals surface area (Å²) in [6.07, 6.45) is 0. The van der Waals surface area contributed by atoms with Crippen LogP contribution < -0.4 is 5.32 Å². The van der Waals surface area contributed by atoms with Gasteiger partial charge in [0.25, 0.3) is 0 Å². The van der Waals surface area contributed by atoms with E-state index in [1.165, 1.54) is 10.6 Å². The second kappa shape index (κ2) is 6.19. The van der Waals surface area contributed by atoms with E-state index in [0.717, 1.165) is 34.1 Å². The maximum absolute atomic E-state index is 5.90. The van der Waals surface area contributed by atoms with Crippen LogP contribution in [0.5, 0.6) is 0 Å². The quantitative estimate of drug-likeness (QED) is 0.886. The lowest BCUT2D eigenvalue weighted by Crippen LogP contribution is -2.16. The highest BCUT2D eigenvalue weighted by atomic mass is 79.9. The fraction of sp³-hybridized carbons (Fsp3) is 0.417. The highest BCUT2D eigenvalue weighted by Crippen LogP contribution is 2.23. The monoisotopic (exact) mass is 347 g/mol. The van der Waals surface area contributed by atoms with E-state index in [2.05, 4.69) is 39.3 Å². The van der Waals surface area contributed by atoms with Crippen LogP contribution in [-0.2, 0) is 19.6 Å². The van der Waals surface area contributed by atoms with E-state index in [0.29, 0.717) is 0 Å². The van der Waals surface area contributed by atoms with Gasteiger partial charge in [0.2, 0.25) is 0 Å². The zero-order valence-electron chi connectivity index (χ0n) is 10.3. The highest BCUT2D eigenvalue weighted by molar-refractivity contribution is 9.10. The number of hydrogen-bond acceptors (Lipinski definition) is 3. The average Bonchev–Trinajstić information content (AvgIpc) is 2.87. The zero-order chi connectivity index (χ0) is 13.1. The van der Waals surface area contributed by atoms with Crippen LogP contribution in [0.25, 0.3) is 0 Å². The van der Waals surface area contributed by atoms with E-state index >= 15 is 0 Å². The van der Waals surface area contributed by atoms with Crippen LogP contribution in [0.3, 0.4) is 0 Å². The molecule has 2 aromatic rings.